The molecule has 0 radical (unpaired) electrons. The van der Waals surface area contributed by atoms with Gasteiger partial charge >= 0.3 is 6.18 Å². The van der Waals surface area contributed by atoms with E-state index in [0.29, 0.717) is 6.07 Å². The number of anilines is 1. The molecule has 11 heteroatoms. The second-order valence-electron chi connectivity index (χ2n) is 5.13. The maximum absolute atomic E-state index is 12.8. The Morgan fingerprint density at radius 1 is 1.38 bits per heavy atom. The van der Waals surface area contributed by atoms with Crippen molar-refractivity contribution in [3.05, 3.63) is 29.3 Å². The summed E-state index contributed by atoms with van der Waals surface area (Å²) in [6.45, 7) is 0.946. The minimum absolute atomic E-state index is 0.335. The predicted octanol–water partition coefficient (Wildman–Crippen LogP) is 1.54. The van der Waals surface area contributed by atoms with Crippen LogP contribution < -0.4 is 5.32 Å². The number of nitrogens with zero attached hydrogens (tertiary/aromatic N) is 1. The molecular weight excluding hydrogens is 353 g/mol. The van der Waals surface area contributed by atoms with Gasteiger partial charge in [-0.25, -0.2) is 0 Å². The van der Waals surface area contributed by atoms with Crippen molar-refractivity contribution in [1.29, 1.82) is 5.26 Å². The summed E-state index contributed by atoms with van der Waals surface area (Å²) in [5.74, 6) is -2.07. The average Bonchev–Trinajstić information content (AvgIpc) is 2.43. The van der Waals surface area contributed by atoms with Crippen LogP contribution in [0.5, 0.6) is 0 Å². The summed E-state index contributed by atoms with van der Waals surface area (Å²) in [5.41, 5.74) is -4.49. The third-order valence-electron chi connectivity index (χ3n) is 3.04. The molecule has 1 aromatic carbocycles. The lowest BCUT2D eigenvalue weighted by molar-refractivity contribution is -0.138. The highest BCUT2D eigenvalue weighted by atomic mass is 32.2. The van der Waals surface area contributed by atoms with Gasteiger partial charge in [-0.3, -0.25) is 9.35 Å². The third-order valence-corrected chi connectivity index (χ3v) is 3.76. The van der Waals surface area contributed by atoms with Crippen molar-refractivity contribution in [3.63, 3.8) is 0 Å². The summed E-state index contributed by atoms with van der Waals surface area (Å²) in [7, 11) is -4.42. The quantitative estimate of drug-likeness (QED) is 0.679. The van der Waals surface area contributed by atoms with Gasteiger partial charge in [-0.1, -0.05) is 0 Å². The Morgan fingerprint density at radius 2 is 1.96 bits per heavy atom. The van der Waals surface area contributed by atoms with Crippen molar-refractivity contribution < 1.29 is 36.0 Å². The second kappa shape index (κ2) is 6.76. The van der Waals surface area contributed by atoms with Gasteiger partial charge in [0.25, 0.3) is 16.0 Å². The molecule has 132 valence electrons. The molecule has 3 N–H and O–H groups in total. The molecule has 0 aliphatic heterocycles. The lowest BCUT2D eigenvalue weighted by Crippen LogP contribution is -2.41. The highest BCUT2D eigenvalue weighted by molar-refractivity contribution is 7.85. The van der Waals surface area contributed by atoms with Crippen LogP contribution in [0.1, 0.15) is 24.5 Å². The topological polar surface area (TPSA) is 127 Å². The van der Waals surface area contributed by atoms with Crippen molar-refractivity contribution in [3.8, 4) is 6.07 Å². The molecule has 1 atom stereocenters. The summed E-state index contributed by atoms with van der Waals surface area (Å²) in [4.78, 5) is 11.9. The molecule has 1 aromatic rings. The highest BCUT2D eigenvalue weighted by Crippen LogP contribution is 2.33. The van der Waals surface area contributed by atoms with Crippen LogP contribution in [0.25, 0.3) is 0 Å². The molecule has 7 nitrogen and oxygen atoms in total. The van der Waals surface area contributed by atoms with E-state index in [1.807, 2.05) is 5.32 Å². The van der Waals surface area contributed by atoms with Gasteiger partial charge in [0.15, 0.2) is 0 Å². The van der Waals surface area contributed by atoms with Gasteiger partial charge in [0, 0.05) is 12.1 Å². The fraction of sp³-hybridized carbons (Fsp3) is 0.385. The van der Waals surface area contributed by atoms with Crippen molar-refractivity contribution in [1.82, 2.24) is 0 Å². The molecule has 0 heterocycles. The van der Waals surface area contributed by atoms with E-state index in [0.717, 1.165) is 19.1 Å². The number of nitriles is 1. The summed E-state index contributed by atoms with van der Waals surface area (Å²) in [6.07, 6.45) is -5.49. The zero-order valence-electron chi connectivity index (χ0n) is 12.3. The van der Waals surface area contributed by atoms with Gasteiger partial charge in [-0.15, -0.1) is 0 Å². The average molecular weight is 366 g/mol. The Labute approximate surface area is 135 Å². The number of nitrogens with one attached hydrogen (secondary N) is 1. The number of hydrogen-bond donors (Lipinski definition) is 3. The van der Waals surface area contributed by atoms with Crippen molar-refractivity contribution in [2.45, 2.75) is 25.1 Å². The van der Waals surface area contributed by atoms with Crippen LogP contribution in [-0.2, 0) is 21.1 Å². The first kappa shape index (κ1) is 19.9. The van der Waals surface area contributed by atoms with Crippen LogP contribution in [0.4, 0.5) is 18.9 Å². The van der Waals surface area contributed by atoms with Crippen LogP contribution in [0.15, 0.2) is 18.2 Å². The zero-order valence-corrected chi connectivity index (χ0v) is 13.1. The number of carbonyl (C=O) groups excluding carboxylic acids is 1. The molecule has 0 bridgehead atoms. The zero-order chi connectivity index (χ0) is 18.8. The Kier molecular flexibility index (Phi) is 5.60. The van der Waals surface area contributed by atoms with Gasteiger partial charge in [0.2, 0.25) is 0 Å². The van der Waals surface area contributed by atoms with Crippen LogP contribution >= 0.6 is 0 Å². The number of amides is 1. The maximum Gasteiger partial charge on any atom is 0.417 e. The largest absolute Gasteiger partial charge is 0.417 e. The SMILES string of the molecule is CC(O)(CCS(=O)(=O)O)C(=O)Nc1ccc(C#N)c(C(F)(F)F)c1. The van der Waals surface area contributed by atoms with Crippen molar-refractivity contribution in [2.24, 2.45) is 0 Å². The lowest BCUT2D eigenvalue weighted by Gasteiger charge is -2.22. The van der Waals surface area contributed by atoms with E-state index in [2.05, 4.69) is 0 Å². The van der Waals surface area contributed by atoms with Crippen LogP contribution in [-0.4, -0.2) is 35.3 Å². The van der Waals surface area contributed by atoms with E-state index in [-0.39, 0.29) is 5.69 Å². The molecule has 0 aromatic heterocycles. The minimum atomic E-state index is -4.82. The molecule has 0 aliphatic carbocycles. The fourth-order valence-corrected chi connectivity index (χ4v) is 2.32. The number of rotatable bonds is 5. The van der Waals surface area contributed by atoms with Gasteiger partial charge in [-0.2, -0.15) is 26.9 Å². The predicted molar refractivity (Wildman–Crippen MR) is 76.4 cm³/mol. The standard InChI is InChI=1S/C13H13F3N2O5S/c1-12(20,4-5-24(21,22)23)11(19)18-9-3-2-8(7-17)10(6-9)13(14,15)16/h2-3,6,20H,4-5H2,1H3,(H,18,19)(H,21,22,23). The first-order valence-electron chi connectivity index (χ1n) is 6.36. The third kappa shape index (κ3) is 5.48. The van der Waals surface area contributed by atoms with Crippen LogP contribution in [0.3, 0.4) is 0 Å². The molecular formula is C13H13F3N2O5S. The van der Waals surface area contributed by atoms with Crippen molar-refractivity contribution in [2.75, 3.05) is 11.1 Å². The Bertz CT molecular complexity index is 782. The minimum Gasteiger partial charge on any atom is -0.380 e. The van der Waals surface area contributed by atoms with E-state index in [1.54, 1.807) is 0 Å². The van der Waals surface area contributed by atoms with E-state index in [9.17, 15) is 31.5 Å². The molecule has 0 saturated heterocycles. The number of carbonyl (C=O) groups is 1. The number of aliphatic hydroxyl groups is 1. The number of halogens is 3. The van der Waals surface area contributed by atoms with E-state index < -0.39 is 51.1 Å². The number of benzene rings is 1. The van der Waals surface area contributed by atoms with E-state index in [1.165, 1.54) is 6.07 Å². The number of hydrogen-bond acceptors (Lipinski definition) is 5. The molecule has 1 rings (SSSR count). The fourth-order valence-electron chi connectivity index (χ4n) is 1.66. The van der Waals surface area contributed by atoms with Gasteiger partial charge in [-0.05, 0) is 25.1 Å². The van der Waals surface area contributed by atoms with Gasteiger partial charge in [0.05, 0.1) is 22.9 Å². The van der Waals surface area contributed by atoms with E-state index in [4.69, 9.17) is 9.81 Å². The molecule has 1 unspecified atom stereocenters. The molecule has 0 saturated carbocycles. The smallest absolute Gasteiger partial charge is 0.380 e. The summed E-state index contributed by atoms with van der Waals surface area (Å²) in [5, 5.41) is 20.6. The number of alkyl halides is 3. The van der Waals surface area contributed by atoms with E-state index >= 15 is 0 Å². The summed E-state index contributed by atoms with van der Waals surface area (Å²) >= 11 is 0. The Balaban J connectivity index is 3.01. The van der Waals surface area contributed by atoms with Gasteiger partial charge < -0.3 is 10.4 Å². The van der Waals surface area contributed by atoms with Crippen molar-refractivity contribution >= 4 is 21.7 Å². The molecule has 1 amide bonds. The molecule has 0 fully saturated rings. The lowest BCUT2D eigenvalue weighted by atomic mass is 10.0. The monoisotopic (exact) mass is 366 g/mol. The van der Waals surface area contributed by atoms with Crippen LogP contribution in [0.2, 0.25) is 0 Å². The first-order chi connectivity index (χ1) is 10.8. The normalized spacial score (nSPS) is 14.5. The molecule has 0 aliphatic rings. The second-order valence-corrected chi connectivity index (χ2v) is 6.71. The summed E-state index contributed by atoms with van der Waals surface area (Å²) in [6, 6.07) is 3.78. The Morgan fingerprint density at radius 3 is 2.42 bits per heavy atom. The first-order valence-corrected chi connectivity index (χ1v) is 7.97. The highest BCUT2D eigenvalue weighted by Gasteiger charge is 2.35. The van der Waals surface area contributed by atoms with Gasteiger partial charge in [0.1, 0.15) is 5.60 Å². The molecule has 0 spiro atoms. The van der Waals surface area contributed by atoms with Crippen LogP contribution in [0, 0.1) is 11.3 Å². The summed E-state index contributed by atoms with van der Waals surface area (Å²) < 4.78 is 68.4. The maximum atomic E-state index is 12.8. The Hall–Kier alpha value is -2.16. The molecule has 24 heavy (non-hydrogen) atoms.